The zero-order valence-electron chi connectivity index (χ0n) is 49.4. The molecule has 2 aliphatic rings. The van der Waals surface area contributed by atoms with Gasteiger partial charge in [-0.1, -0.05) is 200 Å². The van der Waals surface area contributed by atoms with Crippen molar-refractivity contribution in [3.63, 3.8) is 0 Å². The van der Waals surface area contributed by atoms with Crippen molar-refractivity contribution in [2.75, 3.05) is 26.6 Å². The van der Waals surface area contributed by atoms with E-state index in [1.54, 1.807) is 21.4 Å². The molecule has 2 unspecified atom stereocenters. The Morgan fingerprint density at radius 3 is 1.20 bits per heavy atom. The van der Waals surface area contributed by atoms with Gasteiger partial charge in [-0.15, -0.1) is 6.42 Å². The standard InChI is InChI=1S/2C18H15P.C17H15F2N3O3.C12H9BrFN3O2.C5H7FO.2ClH.Pd/c2*1-4-10-16(11-5-1)19(17-12-6-2-7-13-17)18-14-8-3-9-15-18;1-17(24,9-18)3-2-10-6-11-14(7-12(10)19)25-5-4-22-8-13(15(20)23)21-16(11)22;13-7-3-6-10(4-8(7)14)19-2-1-17-5-9(11(15)18)16-12(6)17;1-3-5(2,7)4-6;;;/h2*1-15H;6-8,24H,4-5,9H2,1H3,(H2,20,23);3-5H,1-2H2,(H2,15,18);1,7H,4H2,2H3;2*1H;/q;;;;;;;+2/p-2. The number of alkyl halides is 2. The molecule has 0 saturated carbocycles. The SMILES string of the molecule is C#CC(C)(O)CF.CC(O)(C#Cc1cc2c(cc1F)OCCn1cc(C(N)=O)nc1-2)CF.NC(=O)c1cn2c(n1)-c1cc(Br)c(F)cc1OCC2.[Cl][Pd][Cl].c1ccc(P(c2ccccc2)c2ccccc2)cc1.c1ccc(P(c2ccccc2)c2ccccc2)cc1. The van der Waals surface area contributed by atoms with Gasteiger partial charge >= 0.3 is 35.0 Å². The Kier molecular flexibility index (Phi) is 27.4. The van der Waals surface area contributed by atoms with Crippen LogP contribution in [0.4, 0.5) is 17.6 Å². The summed E-state index contributed by atoms with van der Waals surface area (Å²) in [7, 11) is 8.74. The normalized spacial score (nSPS) is 12.7. The largest absolute Gasteiger partial charge is 0.0622 e. The Labute approximate surface area is 558 Å². The number of aromatic nitrogens is 4. The quantitative estimate of drug-likeness (QED) is 0.0452. The molecule has 4 heterocycles. The molecule has 10 aromatic rings. The molecular formula is C70H61BrCl2F4N6O6P2Pd. The van der Waals surface area contributed by atoms with Gasteiger partial charge in [-0.25, -0.2) is 27.5 Å². The van der Waals surface area contributed by atoms with Crippen LogP contribution in [-0.4, -0.2) is 78.9 Å². The van der Waals surface area contributed by atoms with Crippen LogP contribution in [0.15, 0.2) is 223 Å². The molecule has 12 nitrogen and oxygen atoms in total. The third kappa shape index (κ3) is 20.3. The Balaban J connectivity index is 0.000000166. The van der Waals surface area contributed by atoms with Gasteiger partial charge < -0.3 is 40.3 Å². The van der Waals surface area contributed by atoms with Gasteiger partial charge in [0.25, 0.3) is 11.8 Å². The van der Waals surface area contributed by atoms with Crippen molar-refractivity contribution in [3.8, 4) is 58.5 Å². The van der Waals surface area contributed by atoms with Gasteiger partial charge in [0.1, 0.15) is 72.7 Å². The predicted molar refractivity (Wildman–Crippen MR) is 362 cm³/mol. The van der Waals surface area contributed by atoms with Crippen molar-refractivity contribution in [1.29, 1.82) is 0 Å². The third-order valence-corrected chi connectivity index (χ3v) is 18.7. The zero-order chi connectivity index (χ0) is 66.2. The Morgan fingerprint density at radius 1 is 0.587 bits per heavy atom. The number of terminal acetylenes is 1. The van der Waals surface area contributed by atoms with Crippen LogP contribution < -0.4 is 52.8 Å². The summed E-state index contributed by atoms with van der Waals surface area (Å²) in [6.45, 7) is 2.02. The Hall–Kier alpha value is -7.94. The molecule has 0 aliphatic carbocycles. The van der Waals surface area contributed by atoms with Crippen molar-refractivity contribution >= 4 is 94.5 Å². The molecule has 6 N–H and O–H groups in total. The summed E-state index contributed by atoms with van der Waals surface area (Å²) in [5.41, 5.74) is 8.33. The van der Waals surface area contributed by atoms with Crippen LogP contribution in [0.3, 0.4) is 0 Å². The maximum absolute atomic E-state index is 14.2. The molecule has 0 saturated heterocycles. The average molecular weight is 1480 g/mol. The number of fused-ring (bicyclic) bond motifs is 6. The number of primary amides is 2. The molecule has 0 radical (unpaired) electrons. The van der Waals surface area contributed by atoms with E-state index in [1.165, 1.54) is 64.0 Å². The summed E-state index contributed by atoms with van der Waals surface area (Å²) in [6.07, 6.45) is 7.75. The molecule has 2 amide bonds. The first kappa shape index (κ1) is 71.5. The molecule has 2 aliphatic heterocycles. The van der Waals surface area contributed by atoms with Crippen LogP contribution in [0, 0.1) is 35.8 Å². The maximum atomic E-state index is 14.2. The number of benzene rings is 8. The molecule has 0 bridgehead atoms. The van der Waals surface area contributed by atoms with E-state index >= 15 is 0 Å². The van der Waals surface area contributed by atoms with Gasteiger partial charge in [0, 0.05) is 24.5 Å². The van der Waals surface area contributed by atoms with E-state index in [0.717, 1.165) is 6.07 Å². The summed E-state index contributed by atoms with van der Waals surface area (Å²) < 4.78 is 66.6. The van der Waals surface area contributed by atoms with Crippen molar-refractivity contribution < 1.29 is 62.8 Å². The van der Waals surface area contributed by atoms with Gasteiger partial charge in [-0.2, -0.15) is 0 Å². The minimum atomic E-state index is -1.87. The number of imidazole rings is 2. The Morgan fingerprint density at radius 2 is 0.902 bits per heavy atom. The molecule has 476 valence electrons. The topological polar surface area (TPSA) is 181 Å². The average Bonchev–Trinajstić information content (AvgIpc) is 1.62. The molecule has 12 rings (SSSR count). The fraction of sp³-hybridized carbons (Fsp3) is 0.143. The predicted octanol–water partition coefficient (Wildman–Crippen LogP) is 11.8. The minimum Gasteiger partial charge on any atom is -0.0622 e. The first-order valence-corrected chi connectivity index (χ1v) is 35.4. The molecular weight excluding hydrogens is 1420 g/mol. The maximum Gasteiger partial charge on any atom is -0.0134 e. The molecule has 0 spiro atoms. The molecule has 22 heteroatoms. The van der Waals surface area contributed by atoms with E-state index in [9.17, 15) is 32.3 Å². The molecule has 8 aromatic carbocycles. The van der Waals surface area contributed by atoms with Crippen molar-refractivity contribution in [1.82, 2.24) is 19.1 Å². The number of hydrogen-bond donors (Lipinski definition) is 4. The second-order valence-corrected chi connectivity index (χ2v) is 27.9. The van der Waals surface area contributed by atoms with Gasteiger partial charge in [0.05, 0.1) is 34.3 Å². The number of rotatable bonds is 10. The van der Waals surface area contributed by atoms with Crippen LogP contribution in [0.2, 0.25) is 0 Å². The molecule has 92 heavy (non-hydrogen) atoms. The van der Waals surface area contributed by atoms with Crippen LogP contribution in [0.5, 0.6) is 11.5 Å². The number of aliphatic hydroxyl groups is 2. The van der Waals surface area contributed by atoms with Gasteiger partial charge in [0.15, 0.2) is 11.2 Å². The summed E-state index contributed by atoms with van der Waals surface area (Å²) in [4.78, 5) is 30.9. The number of halogens is 7. The van der Waals surface area contributed by atoms with Crippen molar-refractivity contribution in [2.24, 2.45) is 11.5 Å². The number of amides is 2. The number of hydrogen-bond acceptors (Lipinski definition) is 8. The Bertz CT molecular complexity index is 3830. The van der Waals surface area contributed by atoms with Crippen molar-refractivity contribution in [2.45, 2.75) is 38.1 Å². The molecule has 0 fully saturated rings. The van der Waals surface area contributed by atoms with Crippen LogP contribution in [0.25, 0.3) is 22.8 Å². The third-order valence-electron chi connectivity index (χ3n) is 13.2. The fourth-order valence-corrected chi connectivity index (χ4v) is 13.7. The van der Waals surface area contributed by atoms with Crippen LogP contribution in [0.1, 0.15) is 40.4 Å². The number of nitrogens with zero attached hydrogens (tertiary/aromatic N) is 4. The second-order valence-electron chi connectivity index (χ2n) is 20.2. The van der Waals surface area contributed by atoms with Crippen LogP contribution in [-0.2, 0) is 29.0 Å². The summed E-state index contributed by atoms with van der Waals surface area (Å²) in [5.74, 6) is 5.83. The first-order valence-electron chi connectivity index (χ1n) is 27.9. The van der Waals surface area contributed by atoms with E-state index in [0.29, 0.717) is 52.7 Å². The zero-order valence-corrected chi connectivity index (χ0v) is 55.9. The van der Waals surface area contributed by atoms with E-state index in [2.05, 4.69) is 226 Å². The number of nitrogens with two attached hydrogens (primary N) is 2. The van der Waals surface area contributed by atoms with Gasteiger partial charge in [-0.05, 0) is 89.6 Å². The van der Waals surface area contributed by atoms with Crippen molar-refractivity contribution in [3.05, 3.63) is 252 Å². The number of ether oxygens (including phenoxy) is 2. The van der Waals surface area contributed by atoms with Gasteiger partial charge in [0.2, 0.25) is 0 Å². The van der Waals surface area contributed by atoms with Crippen LogP contribution >= 0.6 is 50.8 Å². The number of carbonyl (C=O) groups is 2. The smallest absolute Gasteiger partial charge is 0.0134 e. The van der Waals surface area contributed by atoms with E-state index < -0.39 is 63.8 Å². The van der Waals surface area contributed by atoms with E-state index in [1.807, 2.05) is 5.92 Å². The first-order chi connectivity index (χ1) is 44.3. The summed E-state index contributed by atoms with van der Waals surface area (Å²) >= 11 is 3.02. The second kappa shape index (κ2) is 35.2. The van der Waals surface area contributed by atoms with E-state index in [4.69, 9.17) is 45.1 Å². The summed E-state index contributed by atoms with van der Waals surface area (Å²) in [6, 6.07) is 70.1. The molecule has 2 aromatic heterocycles. The van der Waals surface area contributed by atoms with E-state index in [-0.39, 0.29) is 45.2 Å². The minimum absolute atomic E-state index is 0.0480. The fourth-order valence-electron chi connectivity index (χ4n) is 8.75. The summed E-state index contributed by atoms with van der Waals surface area (Å²) in [5, 5.41) is 26.5. The number of carbonyl (C=O) groups excluding carboxylic acids is 2. The molecule has 2 atom stereocenters. The monoisotopic (exact) mass is 1470 g/mol. The van der Waals surface area contributed by atoms with Gasteiger partial charge in [-0.3, -0.25) is 9.59 Å².